The minimum atomic E-state index is -1.27. The Bertz CT molecular complexity index is 344. The van der Waals surface area contributed by atoms with Gasteiger partial charge in [-0.2, -0.15) is 12.6 Å². The second kappa shape index (κ2) is 4.66. The summed E-state index contributed by atoms with van der Waals surface area (Å²) in [4.78, 5) is 21.1. The average molecular weight is 211 g/mol. The molecule has 1 aromatic rings. The molecule has 0 saturated carbocycles. The van der Waals surface area contributed by atoms with E-state index in [-0.39, 0.29) is 17.1 Å². The Labute approximate surface area is 85.9 Å². The molecule has 74 valence electrons. The van der Waals surface area contributed by atoms with Crippen LogP contribution in [0.4, 0.5) is 0 Å². The summed E-state index contributed by atoms with van der Waals surface area (Å²) in [5.41, 5.74) is 0.0377. The van der Waals surface area contributed by atoms with Crippen molar-refractivity contribution in [3.63, 3.8) is 0 Å². The van der Waals surface area contributed by atoms with E-state index in [2.05, 4.69) is 12.6 Å². The van der Waals surface area contributed by atoms with Crippen LogP contribution in [0.25, 0.3) is 0 Å². The van der Waals surface area contributed by atoms with Gasteiger partial charge in [0.1, 0.15) is 5.75 Å². The fourth-order valence-corrected chi connectivity index (χ4v) is 0.887. The topological polar surface area (TPSA) is 66.4 Å². The third kappa shape index (κ3) is 2.77. The number of benzene rings is 1. The maximum Gasteiger partial charge on any atom is 0.321 e. The molecule has 0 aliphatic heterocycles. The van der Waals surface area contributed by atoms with Gasteiger partial charge in [0, 0.05) is 0 Å². The average Bonchev–Trinajstić information content (AvgIpc) is 2.18. The molecule has 0 aromatic heterocycles. The molecule has 4 nitrogen and oxygen atoms in total. The van der Waals surface area contributed by atoms with Gasteiger partial charge in [-0.3, -0.25) is 4.79 Å². The van der Waals surface area contributed by atoms with Crippen LogP contribution in [0.3, 0.4) is 0 Å². The van der Waals surface area contributed by atoms with E-state index < -0.39 is 11.9 Å². The Kier molecular flexibility index (Phi) is 3.53. The van der Waals surface area contributed by atoms with E-state index in [9.17, 15) is 14.7 Å². The summed E-state index contributed by atoms with van der Waals surface area (Å²) in [6.07, 6.45) is 0. The van der Waals surface area contributed by atoms with Crippen molar-refractivity contribution in [1.82, 2.24) is 0 Å². The predicted octanol–water partition coefficient (Wildman–Crippen LogP) is -0.115. The highest BCUT2D eigenvalue weighted by Gasteiger charge is 2.01. The van der Waals surface area contributed by atoms with Crippen LogP contribution in [-0.4, -0.2) is 17.7 Å². The highest BCUT2D eigenvalue weighted by molar-refractivity contribution is 7.81. The van der Waals surface area contributed by atoms with E-state index in [1.807, 2.05) is 0 Å². The summed E-state index contributed by atoms with van der Waals surface area (Å²) in [6.45, 7) is 0. The van der Waals surface area contributed by atoms with Crippen LogP contribution < -0.4 is 9.84 Å². The fourth-order valence-electron chi connectivity index (χ4n) is 0.823. The number of rotatable bonds is 3. The maximum absolute atomic E-state index is 10.8. The van der Waals surface area contributed by atoms with Gasteiger partial charge in [-0.1, -0.05) is 0 Å². The van der Waals surface area contributed by atoms with Crippen molar-refractivity contribution < 1.29 is 19.4 Å². The van der Waals surface area contributed by atoms with Gasteiger partial charge >= 0.3 is 5.97 Å². The third-order valence-electron chi connectivity index (χ3n) is 1.45. The van der Waals surface area contributed by atoms with Gasteiger partial charge < -0.3 is 14.6 Å². The number of esters is 1. The van der Waals surface area contributed by atoms with Crippen molar-refractivity contribution in [3.8, 4) is 5.75 Å². The van der Waals surface area contributed by atoms with Gasteiger partial charge in [0.2, 0.25) is 0 Å². The first-order chi connectivity index (χ1) is 6.63. The summed E-state index contributed by atoms with van der Waals surface area (Å²) in [6, 6.07) is 5.37. The molecule has 0 N–H and O–H groups in total. The molecule has 0 spiro atoms. The van der Waals surface area contributed by atoms with Gasteiger partial charge in [0.15, 0.2) is 0 Å². The fraction of sp³-hybridized carbons (Fsp3) is 0.111. The minimum absolute atomic E-state index is 0.0256. The molecular formula is C9H7O4S-. The highest BCUT2D eigenvalue weighted by Crippen LogP contribution is 2.11. The highest BCUT2D eigenvalue weighted by atomic mass is 32.1. The van der Waals surface area contributed by atoms with Crippen molar-refractivity contribution in [2.45, 2.75) is 0 Å². The standard InChI is InChI=1S/C9H8O4S/c10-8(5-14)13-7-3-1-6(2-4-7)9(11)12/h1-4,14H,5H2,(H,11,12)/p-1. The van der Waals surface area contributed by atoms with E-state index in [1.165, 1.54) is 24.3 Å². The zero-order valence-electron chi connectivity index (χ0n) is 7.10. The molecule has 0 saturated heterocycles. The molecule has 1 rings (SSSR count). The van der Waals surface area contributed by atoms with Crippen LogP contribution >= 0.6 is 12.6 Å². The van der Waals surface area contributed by atoms with E-state index >= 15 is 0 Å². The van der Waals surface area contributed by atoms with Gasteiger partial charge in [0.05, 0.1) is 11.7 Å². The van der Waals surface area contributed by atoms with Gasteiger partial charge in [-0.15, -0.1) is 0 Å². The van der Waals surface area contributed by atoms with Crippen molar-refractivity contribution >= 4 is 24.6 Å². The molecular weight excluding hydrogens is 204 g/mol. The second-order valence-electron chi connectivity index (χ2n) is 2.44. The predicted molar refractivity (Wildman–Crippen MR) is 50.3 cm³/mol. The van der Waals surface area contributed by atoms with Crippen LogP contribution in [0, 0.1) is 0 Å². The monoisotopic (exact) mass is 211 g/mol. The molecule has 0 unspecified atom stereocenters. The van der Waals surface area contributed by atoms with E-state index in [4.69, 9.17) is 4.74 Å². The molecule has 1 aromatic carbocycles. The second-order valence-corrected chi connectivity index (χ2v) is 2.76. The largest absolute Gasteiger partial charge is 0.545 e. The van der Waals surface area contributed by atoms with Crippen LogP contribution in [0.15, 0.2) is 24.3 Å². The summed E-state index contributed by atoms with van der Waals surface area (Å²) in [5.74, 6) is -1.50. The van der Waals surface area contributed by atoms with Crippen molar-refractivity contribution in [2.75, 3.05) is 5.75 Å². The van der Waals surface area contributed by atoms with Crippen molar-refractivity contribution in [3.05, 3.63) is 29.8 Å². The summed E-state index contributed by atoms with van der Waals surface area (Å²) in [7, 11) is 0. The third-order valence-corrected chi connectivity index (χ3v) is 1.71. The number of carbonyl (C=O) groups is 2. The Morgan fingerprint density at radius 1 is 1.29 bits per heavy atom. The lowest BCUT2D eigenvalue weighted by Gasteiger charge is -2.04. The van der Waals surface area contributed by atoms with Crippen LogP contribution in [0.5, 0.6) is 5.75 Å². The zero-order valence-corrected chi connectivity index (χ0v) is 7.99. The summed E-state index contributed by atoms with van der Waals surface area (Å²) >= 11 is 3.72. The molecule has 0 atom stereocenters. The lowest BCUT2D eigenvalue weighted by atomic mass is 10.2. The maximum atomic E-state index is 10.8. The molecule has 0 radical (unpaired) electrons. The molecule has 0 heterocycles. The number of hydrogen-bond acceptors (Lipinski definition) is 5. The molecule has 5 heteroatoms. The van der Waals surface area contributed by atoms with Gasteiger partial charge in [-0.25, -0.2) is 0 Å². The number of aromatic carboxylic acids is 1. The molecule has 0 aliphatic rings. The number of hydrogen-bond donors (Lipinski definition) is 1. The van der Waals surface area contributed by atoms with Crippen LogP contribution in [0.2, 0.25) is 0 Å². The lowest BCUT2D eigenvalue weighted by molar-refractivity contribution is -0.255. The van der Waals surface area contributed by atoms with Gasteiger partial charge in [-0.05, 0) is 29.8 Å². The zero-order chi connectivity index (χ0) is 10.6. The number of carboxylic acid groups (broad SMARTS) is 1. The first kappa shape index (κ1) is 10.6. The number of carbonyl (C=O) groups excluding carboxylic acids is 2. The Hall–Kier alpha value is -1.49. The summed E-state index contributed by atoms with van der Waals surface area (Å²) in [5, 5.41) is 10.4. The lowest BCUT2D eigenvalue weighted by Crippen LogP contribution is -2.22. The van der Waals surface area contributed by atoms with E-state index in [1.54, 1.807) is 0 Å². The SMILES string of the molecule is O=C(CS)Oc1ccc(C(=O)[O-])cc1. The molecule has 0 bridgehead atoms. The van der Waals surface area contributed by atoms with Crippen LogP contribution in [-0.2, 0) is 4.79 Å². The Balaban J connectivity index is 2.73. The van der Waals surface area contributed by atoms with E-state index in [0.29, 0.717) is 0 Å². The molecule has 0 amide bonds. The molecule has 14 heavy (non-hydrogen) atoms. The van der Waals surface area contributed by atoms with Crippen molar-refractivity contribution in [1.29, 1.82) is 0 Å². The quantitative estimate of drug-likeness (QED) is 0.430. The minimum Gasteiger partial charge on any atom is -0.545 e. The smallest absolute Gasteiger partial charge is 0.321 e. The number of ether oxygens (including phenoxy) is 1. The Morgan fingerprint density at radius 3 is 2.29 bits per heavy atom. The number of thiol groups is 1. The van der Waals surface area contributed by atoms with Gasteiger partial charge in [0.25, 0.3) is 0 Å². The normalized spacial score (nSPS) is 9.50. The number of carboxylic acids is 1. The van der Waals surface area contributed by atoms with E-state index in [0.717, 1.165) is 0 Å². The summed E-state index contributed by atoms with van der Waals surface area (Å²) < 4.78 is 4.77. The molecule has 0 aliphatic carbocycles. The van der Waals surface area contributed by atoms with Crippen LogP contribution in [0.1, 0.15) is 10.4 Å². The molecule has 0 fully saturated rings. The first-order valence-corrected chi connectivity index (χ1v) is 4.39. The first-order valence-electron chi connectivity index (χ1n) is 3.76. The Morgan fingerprint density at radius 2 is 1.86 bits per heavy atom. The van der Waals surface area contributed by atoms with Crippen molar-refractivity contribution in [2.24, 2.45) is 0 Å².